The van der Waals surface area contributed by atoms with Crippen LogP contribution in [0.2, 0.25) is 0 Å². The zero-order valence-electron chi connectivity index (χ0n) is 14.5. The molecule has 1 aliphatic rings. The molecule has 1 saturated heterocycles. The molecule has 1 atom stereocenters. The Kier molecular flexibility index (Phi) is 3.99. The van der Waals surface area contributed by atoms with Gasteiger partial charge in [0, 0.05) is 24.5 Å². The third kappa shape index (κ3) is 2.56. The Balaban J connectivity index is 1.73. The van der Waals surface area contributed by atoms with Crippen LogP contribution in [0.1, 0.15) is 51.8 Å². The van der Waals surface area contributed by atoms with E-state index in [1.165, 1.54) is 6.20 Å². The predicted molar refractivity (Wildman–Crippen MR) is 96.1 cm³/mol. The molecule has 2 aromatic heterocycles. The van der Waals surface area contributed by atoms with Gasteiger partial charge in [-0.1, -0.05) is 18.2 Å². The first kappa shape index (κ1) is 16.4. The van der Waals surface area contributed by atoms with Gasteiger partial charge in [-0.2, -0.15) is 5.10 Å². The van der Waals surface area contributed by atoms with E-state index >= 15 is 0 Å². The first-order chi connectivity index (χ1) is 12.6. The fraction of sp³-hybridized carbons (Fsp3) is 0.316. The molecule has 1 fully saturated rings. The molecular weight excluding hydrogens is 332 g/mol. The molecule has 0 saturated carbocycles. The number of hydrogen-bond donors (Lipinski definition) is 2. The molecular formula is C19H20N4O3. The fourth-order valence-electron chi connectivity index (χ4n) is 3.84. The van der Waals surface area contributed by atoms with E-state index in [4.69, 9.17) is 0 Å². The van der Waals surface area contributed by atoms with Crippen LogP contribution in [0.25, 0.3) is 10.9 Å². The standard InChI is InChI=1S/C19H20N4O3/c1-22-14-7-3-2-6-12(14)10-16(22)18(24)23-9-5-4-8-15(23)17-13(19(25)26)11-20-21-17/h2-3,6-7,10-11,15H,4-5,8-9H2,1H3,(H,20,21)(H,25,26). The Morgan fingerprint density at radius 2 is 2.08 bits per heavy atom. The van der Waals surface area contributed by atoms with E-state index in [9.17, 15) is 14.7 Å². The van der Waals surface area contributed by atoms with Crippen molar-refractivity contribution >= 4 is 22.8 Å². The summed E-state index contributed by atoms with van der Waals surface area (Å²) in [6, 6.07) is 9.46. The number of H-pyrrole nitrogens is 1. The van der Waals surface area contributed by atoms with Crippen molar-refractivity contribution in [1.82, 2.24) is 19.7 Å². The molecule has 1 unspecified atom stereocenters. The number of rotatable bonds is 3. The maximum Gasteiger partial charge on any atom is 0.339 e. The van der Waals surface area contributed by atoms with Crippen molar-refractivity contribution < 1.29 is 14.7 Å². The van der Waals surface area contributed by atoms with E-state index in [2.05, 4.69) is 10.2 Å². The second-order valence-electron chi connectivity index (χ2n) is 6.66. The van der Waals surface area contributed by atoms with Gasteiger partial charge >= 0.3 is 5.97 Å². The van der Waals surface area contributed by atoms with Crippen molar-refractivity contribution in [1.29, 1.82) is 0 Å². The van der Waals surface area contributed by atoms with Crippen LogP contribution < -0.4 is 0 Å². The van der Waals surface area contributed by atoms with Crippen LogP contribution in [-0.4, -0.2) is 43.2 Å². The average molecular weight is 352 g/mol. The lowest BCUT2D eigenvalue weighted by molar-refractivity contribution is 0.0581. The highest BCUT2D eigenvalue weighted by atomic mass is 16.4. The molecule has 7 nitrogen and oxygen atoms in total. The fourth-order valence-corrected chi connectivity index (χ4v) is 3.84. The molecule has 1 amide bonds. The summed E-state index contributed by atoms with van der Waals surface area (Å²) in [5, 5.41) is 17.1. The molecule has 134 valence electrons. The van der Waals surface area contributed by atoms with Gasteiger partial charge in [0.2, 0.25) is 0 Å². The number of aromatic carboxylic acids is 1. The molecule has 0 spiro atoms. The summed E-state index contributed by atoms with van der Waals surface area (Å²) in [6.07, 6.45) is 3.88. The summed E-state index contributed by atoms with van der Waals surface area (Å²) in [4.78, 5) is 26.6. The highest BCUT2D eigenvalue weighted by Crippen LogP contribution is 2.33. The number of carboxylic acid groups (broad SMARTS) is 1. The number of aryl methyl sites for hydroxylation is 1. The van der Waals surface area contributed by atoms with Crippen LogP contribution in [0, 0.1) is 0 Å². The van der Waals surface area contributed by atoms with Gasteiger partial charge in [0.05, 0.1) is 17.9 Å². The molecule has 26 heavy (non-hydrogen) atoms. The van der Waals surface area contributed by atoms with E-state index in [1.54, 1.807) is 4.90 Å². The summed E-state index contributed by atoms with van der Waals surface area (Å²) in [5.74, 6) is -1.12. The largest absolute Gasteiger partial charge is 0.478 e. The summed E-state index contributed by atoms with van der Waals surface area (Å²) in [7, 11) is 1.88. The average Bonchev–Trinajstić information content (AvgIpc) is 3.27. The van der Waals surface area contributed by atoms with E-state index in [0.717, 1.165) is 30.2 Å². The topological polar surface area (TPSA) is 91.2 Å². The number of likely N-dealkylation sites (tertiary alicyclic amines) is 1. The summed E-state index contributed by atoms with van der Waals surface area (Å²) in [6.45, 7) is 0.600. The van der Waals surface area contributed by atoms with E-state index in [1.807, 2.05) is 41.9 Å². The third-order valence-electron chi connectivity index (χ3n) is 5.17. The molecule has 1 aromatic carbocycles. The maximum absolute atomic E-state index is 13.3. The minimum atomic E-state index is -1.03. The number of fused-ring (bicyclic) bond motifs is 1. The summed E-state index contributed by atoms with van der Waals surface area (Å²) in [5.41, 5.74) is 2.24. The maximum atomic E-state index is 13.3. The minimum absolute atomic E-state index is 0.0839. The normalized spacial score (nSPS) is 17.6. The molecule has 3 aromatic rings. The van der Waals surface area contributed by atoms with Crippen molar-refractivity contribution in [2.24, 2.45) is 7.05 Å². The number of benzene rings is 1. The molecule has 3 heterocycles. The Bertz CT molecular complexity index is 988. The molecule has 7 heteroatoms. The number of carbonyl (C=O) groups excluding carboxylic acids is 1. The molecule has 4 rings (SSSR count). The molecule has 1 aliphatic heterocycles. The molecule has 0 bridgehead atoms. The first-order valence-corrected chi connectivity index (χ1v) is 8.70. The SMILES string of the molecule is Cn1c(C(=O)N2CCCCC2c2[nH]ncc2C(=O)O)cc2ccccc21. The number of aromatic amines is 1. The second-order valence-corrected chi connectivity index (χ2v) is 6.66. The number of carbonyl (C=O) groups is 2. The predicted octanol–water partition coefficient (Wildman–Crippen LogP) is 2.97. The van der Waals surface area contributed by atoms with Crippen LogP contribution in [0.3, 0.4) is 0 Å². The zero-order valence-corrected chi connectivity index (χ0v) is 14.5. The lowest BCUT2D eigenvalue weighted by atomic mass is 9.96. The lowest BCUT2D eigenvalue weighted by Crippen LogP contribution is -2.40. The van der Waals surface area contributed by atoms with Gasteiger partial charge in [-0.15, -0.1) is 0 Å². The molecule has 0 aliphatic carbocycles. The minimum Gasteiger partial charge on any atom is -0.478 e. The van der Waals surface area contributed by atoms with Gasteiger partial charge in [-0.3, -0.25) is 9.89 Å². The lowest BCUT2D eigenvalue weighted by Gasteiger charge is -2.35. The van der Waals surface area contributed by atoms with Crippen molar-refractivity contribution in [3.8, 4) is 0 Å². The van der Waals surface area contributed by atoms with Crippen molar-refractivity contribution in [3.05, 3.63) is 53.5 Å². The van der Waals surface area contributed by atoms with Gasteiger partial charge in [-0.25, -0.2) is 4.79 Å². The van der Waals surface area contributed by atoms with Gasteiger partial charge in [0.1, 0.15) is 11.3 Å². The van der Waals surface area contributed by atoms with E-state index in [-0.39, 0.29) is 17.5 Å². The summed E-state index contributed by atoms with van der Waals surface area (Å²) >= 11 is 0. The molecule has 0 radical (unpaired) electrons. The number of nitrogens with zero attached hydrogens (tertiary/aromatic N) is 3. The Morgan fingerprint density at radius 3 is 2.85 bits per heavy atom. The van der Waals surface area contributed by atoms with Gasteiger partial charge < -0.3 is 14.6 Å². The zero-order chi connectivity index (χ0) is 18.3. The Morgan fingerprint density at radius 1 is 1.27 bits per heavy atom. The Hall–Kier alpha value is -3.09. The number of aromatic nitrogens is 3. The monoisotopic (exact) mass is 352 g/mol. The van der Waals surface area contributed by atoms with Crippen molar-refractivity contribution in [2.75, 3.05) is 6.54 Å². The highest BCUT2D eigenvalue weighted by Gasteiger charge is 2.33. The van der Waals surface area contributed by atoms with E-state index in [0.29, 0.717) is 17.9 Å². The smallest absolute Gasteiger partial charge is 0.339 e. The van der Waals surface area contributed by atoms with Crippen molar-refractivity contribution in [3.63, 3.8) is 0 Å². The number of carboxylic acids is 1. The van der Waals surface area contributed by atoms with Crippen LogP contribution in [-0.2, 0) is 7.05 Å². The number of para-hydroxylation sites is 1. The third-order valence-corrected chi connectivity index (χ3v) is 5.17. The number of hydrogen-bond acceptors (Lipinski definition) is 3. The first-order valence-electron chi connectivity index (χ1n) is 8.70. The van der Waals surface area contributed by atoms with Crippen LogP contribution in [0.5, 0.6) is 0 Å². The second kappa shape index (κ2) is 6.33. The summed E-state index contributed by atoms with van der Waals surface area (Å²) < 4.78 is 1.90. The van der Waals surface area contributed by atoms with Gasteiger partial charge in [0.25, 0.3) is 5.91 Å². The number of amides is 1. The molecule has 2 N–H and O–H groups in total. The van der Waals surface area contributed by atoms with Gasteiger partial charge in [-0.05, 0) is 31.4 Å². The highest BCUT2D eigenvalue weighted by molar-refractivity contribution is 5.99. The quantitative estimate of drug-likeness (QED) is 0.758. The number of piperidine rings is 1. The van der Waals surface area contributed by atoms with Crippen LogP contribution in [0.4, 0.5) is 0 Å². The van der Waals surface area contributed by atoms with Crippen molar-refractivity contribution in [2.45, 2.75) is 25.3 Å². The van der Waals surface area contributed by atoms with Gasteiger partial charge in [0.15, 0.2) is 0 Å². The van der Waals surface area contributed by atoms with Crippen LogP contribution >= 0.6 is 0 Å². The number of nitrogens with one attached hydrogen (secondary N) is 1. The Labute approximate surface area is 150 Å². The van der Waals surface area contributed by atoms with E-state index < -0.39 is 5.97 Å². The van der Waals surface area contributed by atoms with Crippen LogP contribution in [0.15, 0.2) is 36.5 Å².